The van der Waals surface area contributed by atoms with Gasteiger partial charge >= 0.3 is 0 Å². The normalized spacial score (nSPS) is 22.8. The first-order valence-electron chi connectivity index (χ1n) is 10.5. The third-order valence-electron chi connectivity index (χ3n) is 6.39. The van der Waals surface area contributed by atoms with Gasteiger partial charge in [-0.05, 0) is 62.8 Å². The quantitative estimate of drug-likeness (QED) is 0.749. The summed E-state index contributed by atoms with van der Waals surface area (Å²) in [6, 6.07) is 5.16. The molecule has 0 aliphatic carbocycles. The number of amides is 2. The number of likely N-dealkylation sites (tertiary alicyclic amines) is 2. The van der Waals surface area contributed by atoms with Crippen LogP contribution in [-0.2, 0) is 21.2 Å². The van der Waals surface area contributed by atoms with E-state index in [1.807, 2.05) is 22.8 Å². The maximum Gasteiger partial charge on any atom is 0.253 e. The number of fused-ring (bicyclic) bond motifs is 1. The summed E-state index contributed by atoms with van der Waals surface area (Å²) >= 11 is 0. The van der Waals surface area contributed by atoms with Gasteiger partial charge in [0.05, 0.1) is 11.9 Å². The van der Waals surface area contributed by atoms with Gasteiger partial charge in [0.1, 0.15) is 0 Å². The Morgan fingerprint density at radius 2 is 1.66 bits per heavy atom. The fraction of sp³-hybridized carbons (Fsp3) is 0.619. The van der Waals surface area contributed by atoms with Crippen LogP contribution in [0.15, 0.2) is 18.2 Å². The van der Waals surface area contributed by atoms with Crippen LogP contribution in [0.5, 0.6) is 0 Å². The van der Waals surface area contributed by atoms with Crippen molar-refractivity contribution in [3.05, 3.63) is 29.3 Å². The summed E-state index contributed by atoms with van der Waals surface area (Å²) in [5, 5.41) is 0. The van der Waals surface area contributed by atoms with E-state index in [1.165, 1.54) is 10.6 Å². The molecule has 0 aromatic heterocycles. The lowest BCUT2D eigenvalue weighted by Crippen LogP contribution is -2.43. The molecule has 29 heavy (non-hydrogen) atoms. The predicted molar refractivity (Wildman–Crippen MR) is 111 cm³/mol. The maximum atomic E-state index is 13.0. The van der Waals surface area contributed by atoms with Crippen LogP contribution in [0, 0.1) is 5.92 Å². The van der Waals surface area contributed by atoms with Crippen molar-refractivity contribution < 1.29 is 18.0 Å². The van der Waals surface area contributed by atoms with E-state index in [0.717, 1.165) is 31.5 Å². The number of hydrogen-bond donors (Lipinski definition) is 0. The van der Waals surface area contributed by atoms with Gasteiger partial charge in [0.2, 0.25) is 15.9 Å². The van der Waals surface area contributed by atoms with Crippen molar-refractivity contribution >= 4 is 27.5 Å². The minimum atomic E-state index is -3.34. The second kappa shape index (κ2) is 7.63. The van der Waals surface area contributed by atoms with Crippen molar-refractivity contribution in [3.8, 4) is 0 Å². The van der Waals surface area contributed by atoms with Crippen LogP contribution in [0.4, 0.5) is 5.69 Å². The van der Waals surface area contributed by atoms with Crippen LogP contribution in [0.3, 0.4) is 0 Å². The van der Waals surface area contributed by atoms with Gasteiger partial charge in [-0.25, -0.2) is 8.42 Å². The Morgan fingerprint density at radius 3 is 2.28 bits per heavy atom. The molecule has 4 rings (SSSR count). The monoisotopic (exact) mass is 419 g/mol. The van der Waals surface area contributed by atoms with Crippen molar-refractivity contribution in [3.63, 3.8) is 0 Å². The molecule has 1 unspecified atom stereocenters. The molecule has 0 saturated carbocycles. The lowest BCUT2D eigenvalue weighted by Gasteiger charge is -2.33. The van der Waals surface area contributed by atoms with Crippen molar-refractivity contribution in [2.45, 2.75) is 45.1 Å². The van der Waals surface area contributed by atoms with Gasteiger partial charge in [-0.1, -0.05) is 0 Å². The summed E-state index contributed by atoms with van der Waals surface area (Å²) in [7, 11) is -3.34. The molecule has 0 bridgehead atoms. The third kappa shape index (κ3) is 3.86. The Hall–Kier alpha value is -2.09. The molecule has 1 aromatic rings. The van der Waals surface area contributed by atoms with E-state index < -0.39 is 10.0 Å². The number of benzene rings is 1. The second-order valence-corrected chi connectivity index (χ2v) is 10.4. The highest BCUT2D eigenvalue weighted by Crippen LogP contribution is 2.35. The molecule has 2 saturated heterocycles. The van der Waals surface area contributed by atoms with Gasteiger partial charge in [0.25, 0.3) is 5.91 Å². The highest BCUT2D eigenvalue weighted by Gasteiger charge is 2.34. The van der Waals surface area contributed by atoms with E-state index in [0.29, 0.717) is 43.6 Å². The summed E-state index contributed by atoms with van der Waals surface area (Å²) in [6.45, 7) is 4.80. The molecule has 158 valence electrons. The number of carbonyl (C=O) groups is 2. The Balaban J connectivity index is 1.42. The molecule has 0 N–H and O–H groups in total. The number of rotatable bonds is 3. The van der Waals surface area contributed by atoms with E-state index in [2.05, 4.69) is 0 Å². The fourth-order valence-corrected chi connectivity index (χ4v) is 6.21. The third-order valence-corrected chi connectivity index (χ3v) is 7.66. The van der Waals surface area contributed by atoms with Crippen molar-refractivity contribution in [1.82, 2.24) is 9.80 Å². The van der Waals surface area contributed by atoms with E-state index in [9.17, 15) is 18.0 Å². The smallest absolute Gasteiger partial charge is 0.253 e. The Bertz CT molecular complexity index is 916. The van der Waals surface area contributed by atoms with Crippen molar-refractivity contribution in [2.75, 3.05) is 36.7 Å². The molecule has 7 nitrogen and oxygen atoms in total. The SMILES string of the molecule is CC1Cc2cc(C(=O)N3CCC(C(=O)N4CCCC4)CC3)ccc2N1S(C)(=O)=O. The first-order chi connectivity index (χ1) is 13.8. The summed E-state index contributed by atoms with van der Waals surface area (Å²) in [5.41, 5.74) is 2.16. The van der Waals surface area contributed by atoms with Crippen LogP contribution in [-0.4, -0.2) is 68.5 Å². The lowest BCUT2D eigenvalue weighted by atomic mass is 9.94. The average molecular weight is 420 g/mol. The number of piperidine rings is 1. The van der Waals surface area contributed by atoms with E-state index in [4.69, 9.17) is 0 Å². The zero-order valence-corrected chi connectivity index (χ0v) is 18.0. The molecule has 2 fully saturated rings. The first-order valence-corrected chi connectivity index (χ1v) is 12.3. The predicted octanol–water partition coefficient (Wildman–Crippen LogP) is 1.87. The van der Waals surface area contributed by atoms with Gasteiger partial charge in [0, 0.05) is 43.7 Å². The Kier molecular flexibility index (Phi) is 5.31. The van der Waals surface area contributed by atoms with Gasteiger partial charge in [-0.15, -0.1) is 0 Å². The zero-order chi connectivity index (χ0) is 20.8. The molecule has 2 amide bonds. The Labute approximate surface area is 172 Å². The number of hydrogen-bond acceptors (Lipinski definition) is 4. The summed E-state index contributed by atoms with van der Waals surface area (Å²) in [4.78, 5) is 29.4. The van der Waals surface area contributed by atoms with E-state index in [1.54, 1.807) is 12.1 Å². The van der Waals surface area contributed by atoms with Crippen LogP contribution < -0.4 is 4.31 Å². The van der Waals surface area contributed by atoms with Gasteiger partial charge in [-0.3, -0.25) is 13.9 Å². The molecule has 3 heterocycles. The highest BCUT2D eigenvalue weighted by atomic mass is 32.2. The standard InChI is InChI=1S/C21H29N3O4S/c1-15-13-18-14-17(5-6-19(18)24(15)29(2,27)28)21(26)23-11-7-16(8-12-23)20(25)22-9-3-4-10-22/h5-6,14-16H,3-4,7-13H2,1-2H3. The molecule has 3 aliphatic heterocycles. The number of anilines is 1. The maximum absolute atomic E-state index is 13.0. The topological polar surface area (TPSA) is 78.0 Å². The molecule has 3 aliphatic rings. The summed E-state index contributed by atoms with van der Waals surface area (Å²) < 4.78 is 25.6. The van der Waals surface area contributed by atoms with E-state index in [-0.39, 0.29) is 23.8 Å². The fourth-order valence-electron chi connectivity index (χ4n) is 4.95. The van der Waals surface area contributed by atoms with Crippen molar-refractivity contribution in [2.24, 2.45) is 5.92 Å². The summed E-state index contributed by atoms with van der Waals surface area (Å²) in [6.07, 6.45) is 5.44. The molecular formula is C21H29N3O4S. The minimum Gasteiger partial charge on any atom is -0.342 e. The summed E-state index contributed by atoms with van der Waals surface area (Å²) in [5.74, 6) is 0.244. The average Bonchev–Trinajstić information content (AvgIpc) is 3.33. The molecule has 1 aromatic carbocycles. The molecule has 1 atom stereocenters. The molecule has 0 radical (unpaired) electrons. The number of sulfonamides is 1. The number of nitrogens with zero attached hydrogens (tertiary/aromatic N) is 3. The van der Waals surface area contributed by atoms with Gasteiger partial charge in [-0.2, -0.15) is 0 Å². The highest BCUT2D eigenvalue weighted by molar-refractivity contribution is 7.92. The number of carbonyl (C=O) groups excluding carboxylic acids is 2. The molecular weight excluding hydrogens is 390 g/mol. The molecule has 0 spiro atoms. The van der Waals surface area contributed by atoms with Crippen LogP contribution in [0.25, 0.3) is 0 Å². The van der Waals surface area contributed by atoms with Crippen LogP contribution in [0.2, 0.25) is 0 Å². The lowest BCUT2D eigenvalue weighted by molar-refractivity contribution is -0.135. The van der Waals surface area contributed by atoms with Crippen molar-refractivity contribution in [1.29, 1.82) is 0 Å². The van der Waals surface area contributed by atoms with Crippen LogP contribution in [0.1, 0.15) is 48.5 Å². The Morgan fingerprint density at radius 1 is 1.00 bits per heavy atom. The zero-order valence-electron chi connectivity index (χ0n) is 17.1. The minimum absolute atomic E-state index is 0.0290. The second-order valence-electron chi connectivity index (χ2n) is 8.55. The van der Waals surface area contributed by atoms with Crippen LogP contribution >= 0.6 is 0 Å². The van der Waals surface area contributed by atoms with E-state index >= 15 is 0 Å². The van der Waals surface area contributed by atoms with Gasteiger partial charge in [0.15, 0.2) is 0 Å². The first kappa shape index (κ1) is 20.2. The van der Waals surface area contributed by atoms with Gasteiger partial charge < -0.3 is 9.80 Å². The molecule has 8 heteroatoms. The largest absolute Gasteiger partial charge is 0.342 e.